The van der Waals surface area contributed by atoms with Gasteiger partial charge in [-0.1, -0.05) is 6.07 Å². The number of benzene rings is 1. The summed E-state index contributed by atoms with van der Waals surface area (Å²) < 4.78 is 18.3. The van der Waals surface area contributed by atoms with E-state index in [-0.39, 0.29) is 24.2 Å². The molecule has 2 rings (SSSR count). The maximum absolute atomic E-state index is 13.0. The fraction of sp³-hybridized carbons (Fsp3) is 0.562. The monoisotopic (exact) mass is 310 g/mol. The quantitative estimate of drug-likeness (QED) is 0.747. The molecule has 1 aliphatic heterocycles. The van der Waals surface area contributed by atoms with Crippen molar-refractivity contribution >= 4 is 11.6 Å². The molecule has 1 amide bonds. The standard InChI is InChI=1S/C16H23FN2O3/c1-12(18-11-16(21)5-7-22-8-6-16)9-15(20)19-14-4-2-3-13(17)10-14/h2-4,10,12,18,21H,5-9,11H2,1H3,(H,19,20). The molecule has 0 spiro atoms. The molecule has 1 fully saturated rings. The fourth-order valence-electron chi connectivity index (χ4n) is 2.42. The second-order valence-electron chi connectivity index (χ2n) is 5.88. The second-order valence-corrected chi connectivity index (χ2v) is 5.88. The van der Waals surface area contributed by atoms with Crippen LogP contribution in [0.2, 0.25) is 0 Å². The summed E-state index contributed by atoms with van der Waals surface area (Å²) in [5, 5.41) is 16.2. The van der Waals surface area contributed by atoms with Crippen LogP contribution in [0.25, 0.3) is 0 Å². The third-order valence-electron chi connectivity index (χ3n) is 3.80. The summed E-state index contributed by atoms with van der Waals surface area (Å²) >= 11 is 0. The summed E-state index contributed by atoms with van der Waals surface area (Å²) in [6.07, 6.45) is 1.45. The van der Waals surface area contributed by atoms with E-state index in [0.29, 0.717) is 38.3 Å². The first kappa shape index (κ1) is 16.9. The topological polar surface area (TPSA) is 70.6 Å². The van der Waals surface area contributed by atoms with E-state index in [1.807, 2.05) is 6.92 Å². The Bertz CT molecular complexity index is 504. The zero-order valence-corrected chi connectivity index (χ0v) is 12.8. The van der Waals surface area contributed by atoms with Crippen molar-refractivity contribution in [3.63, 3.8) is 0 Å². The molecule has 1 unspecified atom stereocenters. The van der Waals surface area contributed by atoms with Crippen molar-refractivity contribution in [2.75, 3.05) is 25.1 Å². The molecular formula is C16H23FN2O3. The largest absolute Gasteiger partial charge is 0.388 e. The van der Waals surface area contributed by atoms with Crippen LogP contribution in [0.4, 0.5) is 10.1 Å². The number of amides is 1. The number of ether oxygens (including phenoxy) is 1. The highest BCUT2D eigenvalue weighted by molar-refractivity contribution is 5.91. The molecule has 122 valence electrons. The van der Waals surface area contributed by atoms with Gasteiger partial charge in [0.15, 0.2) is 0 Å². The number of halogens is 1. The van der Waals surface area contributed by atoms with Gasteiger partial charge in [-0.05, 0) is 25.1 Å². The van der Waals surface area contributed by atoms with Gasteiger partial charge in [-0.2, -0.15) is 0 Å². The Morgan fingerprint density at radius 3 is 2.86 bits per heavy atom. The smallest absolute Gasteiger partial charge is 0.225 e. The molecule has 3 N–H and O–H groups in total. The Labute approximate surface area is 129 Å². The van der Waals surface area contributed by atoms with Crippen LogP contribution in [-0.4, -0.2) is 42.4 Å². The Morgan fingerprint density at radius 1 is 1.45 bits per heavy atom. The van der Waals surface area contributed by atoms with Gasteiger partial charge in [0.2, 0.25) is 5.91 Å². The lowest BCUT2D eigenvalue weighted by Gasteiger charge is -2.33. The van der Waals surface area contributed by atoms with E-state index in [2.05, 4.69) is 10.6 Å². The van der Waals surface area contributed by atoms with Crippen LogP contribution in [-0.2, 0) is 9.53 Å². The van der Waals surface area contributed by atoms with Crippen molar-refractivity contribution in [2.24, 2.45) is 0 Å². The molecule has 6 heteroatoms. The summed E-state index contributed by atoms with van der Waals surface area (Å²) in [5.41, 5.74) is -0.314. The van der Waals surface area contributed by atoms with Crippen LogP contribution in [0, 0.1) is 5.82 Å². The van der Waals surface area contributed by atoms with Crippen molar-refractivity contribution in [3.05, 3.63) is 30.1 Å². The normalized spacial score (nSPS) is 18.7. The molecule has 1 aromatic rings. The lowest BCUT2D eigenvalue weighted by Crippen LogP contribution is -2.47. The highest BCUT2D eigenvalue weighted by atomic mass is 19.1. The van der Waals surface area contributed by atoms with Gasteiger partial charge in [0.05, 0.1) is 5.60 Å². The fourth-order valence-corrected chi connectivity index (χ4v) is 2.42. The van der Waals surface area contributed by atoms with E-state index in [4.69, 9.17) is 4.74 Å². The lowest BCUT2D eigenvalue weighted by molar-refractivity contribution is -0.116. The zero-order chi connectivity index (χ0) is 16.0. The van der Waals surface area contributed by atoms with Gasteiger partial charge in [-0.15, -0.1) is 0 Å². The van der Waals surface area contributed by atoms with Gasteiger partial charge < -0.3 is 20.5 Å². The van der Waals surface area contributed by atoms with E-state index < -0.39 is 5.60 Å². The average Bonchev–Trinajstić information content (AvgIpc) is 2.46. The Kier molecular flexibility index (Phi) is 5.88. The van der Waals surface area contributed by atoms with Crippen LogP contribution in [0.5, 0.6) is 0 Å². The zero-order valence-electron chi connectivity index (χ0n) is 12.8. The van der Waals surface area contributed by atoms with Crippen molar-refractivity contribution < 1.29 is 19.0 Å². The Morgan fingerprint density at radius 2 is 2.18 bits per heavy atom. The predicted octanol–water partition coefficient (Wildman–Crippen LogP) is 1.67. The third-order valence-corrected chi connectivity index (χ3v) is 3.80. The molecule has 1 atom stereocenters. The van der Waals surface area contributed by atoms with Gasteiger partial charge in [0.1, 0.15) is 5.82 Å². The van der Waals surface area contributed by atoms with Crippen LogP contribution in [0.15, 0.2) is 24.3 Å². The molecule has 1 heterocycles. The van der Waals surface area contributed by atoms with Crippen molar-refractivity contribution in [1.82, 2.24) is 5.32 Å². The van der Waals surface area contributed by atoms with E-state index >= 15 is 0 Å². The minimum atomic E-state index is -0.758. The van der Waals surface area contributed by atoms with Crippen LogP contribution < -0.4 is 10.6 Å². The van der Waals surface area contributed by atoms with E-state index in [1.54, 1.807) is 12.1 Å². The van der Waals surface area contributed by atoms with Gasteiger partial charge in [0, 0.05) is 50.8 Å². The van der Waals surface area contributed by atoms with Crippen molar-refractivity contribution in [2.45, 2.75) is 37.8 Å². The lowest BCUT2D eigenvalue weighted by atomic mass is 9.94. The maximum Gasteiger partial charge on any atom is 0.225 e. The highest BCUT2D eigenvalue weighted by Gasteiger charge is 2.29. The maximum atomic E-state index is 13.0. The summed E-state index contributed by atoms with van der Waals surface area (Å²) in [6.45, 7) is 3.44. The van der Waals surface area contributed by atoms with E-state index in [9.17, 15) is 14.3 Å². The number of hydrogen-bond donors (Lipinski definition) is 3. The highest BCUT2D eigenvalue weighted by Crippen LogP contribution is 2.19. The number of carbonyl (C=O) groups excluding carboxylic acids is 1. The van der Waals surface area contributed by atoms with Crippen LogP contribution >= 0.6 is 0 Å². The summed E-state index contributed by atoms with van der Waals surface area (Å²) in [5.74, 6) is -0.574. The molecule has 0 aliphatic carbocycles. The number of hydrogen-bond acceptors (Lipinski definition) is 4. The van der Waals surface area contributed by atoms with Crippen molar-refractivity contribution in [3.8, 4) is 0 Å². The van der Waals surface area contributed by atoms with Gasteiger partial charge in [-0.25, -0.2) is 4.39 Å². The van der Waals surface area contributed by atoms with Crippen molar-refractivity contribution in [1.29, 1.82) is 0 Å². The molecule has 0 bridgehead atoms. The Hall–Kier alpha value is -1.50. The van der Waals surface area contributed by atoms with Crippen LogP contribution in [0.1, 0.15) is 26.2 Å². The molecule has 22 heavy (non-hydrogen) atoms. The molecule has 1 aliphatic rings. The number of nitrogens with one attached hydrogen (secondary N) is 2. The predicted molar refractivity (Wildman–Crippen MR) is 82.1 cm³/mol. The van der Waals surface area contributed by atoms with Gasteiger partial charge in [-0.3, -0.25) is 4.79 Å². The van der Waals surface area contributed by atoms with E-state index in [1.165, 1.54) is 12.1 Å². The molecular weight excluding hydrogens is 287 g/mol. The Balaban J connectivity index is 1.74. The number of carbonyl (C=O) groups is 1. The number of rotatable bonds is 6. The van der Waals surface area contributed by atoms with Gasteiger partial charge in [0.25, 0.3) is 0 Å². The minimum Gasteiger partial charge on any atom is -0.388 e. The molecule has 0 radical (unpaired) electrons. The second kappa shape index (κ2) is 7.67. The first-order valence-corrected chi connectivity index (χ1v) is 7.56. The van der Waals surface area contributed by atoms with E-state index in [0.717, 1.165) is 0 Å². The molecule has 1 saturated heterocycles. The molecule has 5 nitrogen and oxygen atoms in total. The van der Waals surface area contributed by atoms with Gasteiger partial charge >= 0.3 is 0 Å². The first-order chi connectivity index (χ1) is 10.5. The summed E-state index contributed by atoms with van der Waals surface area (Å²) in [6, 6.07) is 5.71. The molecule has 1 aromatic carbocycles. The third kappa shape index (κ3) is 5.36. The number of anilines is 1. The molecule has 0 saturated carbocycles. The SMILES string of the molecule is CC(CC(=O)Nc1cccc(F)c1)NCC1(O)CCOCC1. The number of aliphatic hydroxyl groups is 1. The molecule has 0 aromatic heterocycles. The summed E-state index contributed by atoms with van der Waals surface area (Å²) in [4.78, 5) is 11.9. The summed E-state index contributed by atoms with van der Waals surface area (Å²) in [7, 11) is 0. The first-order valence-electron chi connectivity index (χ1n) is 7.56. The minimum absolute atomic E-state index is 0.0829. The van der Waals surface area contributed by atoms with Crippen LogP contribution in [0.3, 0.4) is 0 Å². The average molecular weight is 310 g/mol.